The quantitative estimate of drug-likeness (QED) is 0.865. The predicted molar refractivity (Wildman–Crippen MR) is 90.6 cm³/mol. The number of carbonyl (C=O) groups is 2. The highest BCUT2D eigenvalue weighted by atomic mass is 19.1. The van der Waals surface area contributed by atoms with Crippen molar-refractivity contribution in [1.82, 2.24) is 0 Å². The highest BCUT2D eigenvalue weighted by molar-refractivity contribution is 5.97. The number of esters is 1. The zero-order chi connectivity index (χ0) is 17.9. The second kappa shape index (κ2) is 7.25. The Hall–Kier alpha value is -2.69. The van der Waals surface area contributed by atoms with E-state index in [1.54, 1.807) is 13.0 Å². The number of amides is 1. The summed E-state index contributed by atoms with van der Waals surface area (Å²) in [6.45, 7) is 6.92. The second-order valence-electron chi connectivity index (χ2n) is 5.82. The Bertz CT molecular complexity index is 786. The van der Waals surface area contributed by atoms with E-state index in [0.717, 1.165) is 17.2 Å². The Labute approximate surface area is 140 Å². The Morgan fingerprint density at radius 1 is 1.04 bits per heavy atom. The molecule has 0 aliphatic rings. The fourth-order valence-corrected chi connectivity index (χ4v) is 2.19. The van der Waals surface area contributed by atoms with E-state index in [0.29, 0.717) is 11.3 Å². The number of nitrogens with one attached hydrogen (secondary N) is 1. The predicted octanol–water partition coefficient (Wildman–Crippen LogP) is 3.93. The number of benzene rings is 2. The van der Waals surface area contributed by atoms with Crippen LogP contribution >= 0.6 is 0 Å². The fraction of sp³-hybridized carbons (Fsp3) is 0.263. The van der Waals surface area contributed by atoms with Gasteiger partial charge in [-0.25, -0.2) is 9.18 Å². The Morgan fingerprint density at radius 3 is 2.38 bits per heavy atom. The summed E-state index contributed by atoms with van der Waals surface area (Å²) in [4.78, 5) is 24.2. The topological polar surface area (TPSA) is 55.4 Å². The van der Waals surface area contributed by atoms with Crippen molar-refractivity contribution >= 4 is 17.6 Å². The van der Waals surface area contributed by atoms with E-state index in [9.17, 15) is 14.0 Å². The Morgan fingerprint density at radius 2 is 1.75 bits per heavy atom. The van der Waals surface area contributed by atoms with Gasteiger partial charge in [0, 0.05) is 5.69 Å². The molecule has 1 atom stereocenters. The third kappa shape index (κ3) is 4.19. The second-order valence-corrected chi connectivity index (χ2v) is 5.82. The molecule has 0 bridgehead atoms. The molecule has 0 radical (unpaired) electrons. The summed E-state index contributed by atoms with van der Waals surface area (Å²) in [6, 6.07) is 9.69. The van der Waals surface area contributed by atoms with Crippen LogP contribution in [0.15, 0.2) is 36.4 Å². The van der Waals surface area contributed by atoms with E-state index < -0.39 is 23.8 Å². The lowest BCUT2D eigenvalue weighted by Crippen LogP contribution is -2.30. The van der Waals surface area contributed by atoms with Gasteiger partial charge >= 0.3 is 5.97 Å². The lowest BCUT2D eigenvalue weighted by atomic mass is 10.1. The molecule has 2 aromatic carbocycles. The molecule has 0 saturated heterocycles. The van der Waals surface area contributed by atoms with Crippen molar-refractivity contribution in [3.05, 3.63) is 64.5 Å². The van der Waals surface area contributed by atoms with Gasteiger partial charge in [0.05, 0.1) is 5.56 Å². The van der Waals surface area contributed by atoms with Crippen molar-refractivity contribution < 1.29 is 18.7 Å². The lowest BCUT2D eigenvalue weighted by molar-refractivity contribution is -0.123. The van der Waals surface area contributed by atoms with Gasteiger partial charge in [-0.1, -0.05) is 23.8 Å². The molecular weight excluding hydrogens is 309 g/mol. The third-order valence-electron chi connectivity index (χ3n) is 3.70. The summed E-state index contributed by atoms with van der Waals surface area (Å²) in [6.07, 6.45) is -0.998. The fourth-order valence-electron chi connectivity index (χ4n) is 2.19. The number of halogens is 1. The summed E-state index contributed by atoms with van der Waals surface area (Å²) in [5.74, 6) is -1.67. The van der Waals surface area contributed by atoms with Gasteiger partial charge in [0.25, 0.3) is 5.91 Å². The standard InChI is InChI=1S/C19H20FNO3/c1-11-5-8-17(13(3)9-11)21-18(22)14(4)24-19(23)15-7-6-12(2)16(20)10-15/h5-10,14H,1-4H3,(H,21,22)/t14-/m0/s1. The molecule has 0 heterocycles. The molecule has 0 unspecified atom stereocenters. The van der Waals surface area contributed by atoms with Crippen LogP contribution in [0.4, 0.5) is 10.1 Å². The molecule has 5 heteroatoms. The largest absolute Gasteiger partial charge is 0.449 e. The zero-order valence-electron chi connectivity index (χ0n) is 14.1. The Kier molecular flexibility index (Phi) is 5.34. The van der Waals surface area contributed by atoms with Gasteiger partial charge in [0.1, 0.15) is 5.82 Å². The van der Waals surface area contributed by atoms with Crippen LogP contribution in [-0.4, -0.2) is 18.0 Å². The van der Waals surface area contributed by atoms with Crippen LogP contribution in [0.3, 0.4) is 0 Å². The van der Waals surface area contributed by atoms with Crippen LogP contribution in [0, 0.1) is 26.6 Å². The minimum Gasteiger partial charge on any atom is -0.449 e. The summed E-state index contributed by atoms with van der Waals surface area (Å²) in [7, 11) is 0. The van der Waals surface area contributed by atoms with E-state index >= 15 is 0 Å². The maximum absolute atomic E-state index is 13.5. The minimum absolute atomic E-state index is 0.0734. The van der Waals surface area contributed by atoms with Crippen LogP contribution in [0.5, 0.6) is 0 Å². The van der Waals surface area contributed by atoms with Crippen molar-refractivity contribution in [1.29, 1.82) is 0 Å². The number of hydrogen-bond donors (Lipinski definition) is 1. The number of rotatable bonds is 4. The molecule has 0 saturated carbocycles. The van der Waals surface area contributed by atoms with Gasteiger partial charge in [-0.05, 0) is 57.0 Å². The van der Waals surface area contributed by atoms with Crippen molar-refractivity contribution in [2.45, 2.75) is 33.8 Å². The first-order valence-electron chi connectivity index (χ1n) is 7.63. The molecule has 0 aliphatic heterocycles. The number of ether oxygens (including phenoxy) is 1. The van der Waals surface area contributed by atoms with E-state index in [4.69, 9.17) is 4.74 Å². The van der Waals surface area contributed by atoms with Crippen LogP contribution in [0.2, 0.25) is 0 Å². The first-order valence-corrected chi connectivity index (χ1v) is 7.63. The number of hydrogen-bond acceptors (Lipinski definition) is 3. The van der Waals surface area contributed by atoms with Gasteiger partial charge in [-0.3, -0.25) is 4.79 Å². The molecule has 4 nitrogen and oxygen atoms in total. The van der Waals surface area contributed by atoms with Gasteiger partial charge in [0.2, 0.25) is 0 Å². The molecule has 2 rings (SSSR count). The zero-order valence-corrected chi connectivity index (χ0v) is 14.1. The molecule has 0 aliphatic carbocycles. The summed E-state index contributed by atoms with van der Waals surface area (Å²) in [5, 5.41) is 2.72. The van der Waals surface area contributed by atoms with E-state index in [1.807, 2.05) is 26.0 Å². The van der Waals surface area contributed by atoms with E-state index in [1.165, 1.54) is 19.1 Å². The minimum atomic E-state index is -0.998. The lowest BCUT2D eigenvalue weighted by Gasteiger charge is -2.15. The normalized spacial score (nSPS) is 11.7. The molecule has 2 aromatic rings. The maximum Gasteiger partial charge on any atom is 0.339 e. The molecule has 24 heavy (non-hydrogen) atoms. The summed E-state index contributed by atoms with van der Waals surface area (Å²) in [5.41, 5.74) is 3.18. The van der Waals surface area contributed by atoms with Gasteiger partial charge in [-0.2, -0.15) is 0 Å². The first-order chi connectivity index (χ1) is 11.3. The molecule has 1 amide bonds. The number of aryl methyl sites for hydroxylation is 3. The average Bonchev–Trinajstić information content (AvgIpc) is 2.52. The highest BCUT2D eigenvalue weighted by Gasteiger charge is 2.20. The van der Waals surface area contributed by atoms with E-state index in [-0.39, 0.29) is 5.56 Å². The third-order valence-corrected chi connectivity index (χ3v) is 3.70. The van der Waals surface area contributed by atoms with Gasteiger partial charge < -0.3 is 10.1 Å². The van der Waals surface area contributed by atoms with Crippen LogP contribution < -0.4 is 5.32 Å². The van der Waals surface area contributed by atoms with Crippen LogP contribution in [0.1, 0.15) is 34.0 Å². The van der Waals surface area contributed by atoms with Crippen LogP contribution in [0.25, 0.3) is 0 Å². The average molecular weight is 329 g/mol. The molecule has 0 aromatic heterocycles. The molecular formula is C19H20FNO3. The first kappa shape index (κ1) is 17.7. The highest BCUT2D eigenvalue weighted by Crippen LogP contribution is 2.17. The summed E-state index contributed by atoms with van der Waals surface area (Å²) < 4.78 is 18.6. The van der Waals surface area contributed by atoms with Gasteiger partial charge in [0.15, 0.2) is 6.10 Å². The summed E-state index contributed by atoms with van der Waals surface area (Å²) >= 11 is 0. The van der Waals surface area contributed by atoms with Crippen molar-refractivity contribution in [3.63, 3.8) is 0 Å². The molecule has 0 spiro atoms. The molecule has 1 N–H and O–H groups in total. The maximum atomic E-state index is 13.5. The van der Waals surface area contributed by atoms with Crippen molar-refractivity contribution in [3.8, 4) is 0 Å². The van der Waals surface area contributed by atoms with Crippen molar-refractivity contribution in [2.75, 3.05) is 5.32 Å². The van der Waals surface area contributed by atoms with E-state index in [2.05, 4.69) is 5.32 Å². The smallest absolute Gasteiger partial charge is 0.339 e. The number of carbonyl (C=O) groups excluding carboxylic acids is 2. The molecule has 126 valence electrons. The Balaban J connectivity index is 2.02. The van der Waals surface area contributed by atoms with Gasteiger partial charge in [-0.15, -0.1) is 0 Å². The van der Waals surface area contributed by atoms with Crippen LogP contribution in [-0.2, 0) is 9.53 Å². The SMILES string of the molecule is Cc1ccc(NC(=O)[C@H](C)OC(=O)c2ccc(C)c(F)c2)c(C)c1. The number of anilines is 1. The van der Waals surface area contributed by atoms with Crippen molar-refractivity contribution in [2.24, 2.45) is 0 Å². The molecule has 0 fully saturated rings. The monoisotopic (exact) mass is 329 g/mol.